The van der Waals surface area contributed by atoms with Crippen LogP contribution in [0.5, 0.6) is 0 Å². The summed E-state index contributed by atoms with van der Waals surface area (Å²) in [5.74, 6) is 0.149. The molecule has 0 radical (unpaired) electrons. The summed E-state index contributed by atoms with van der Waals surface area (Å²) in [6.07, 6.45) is -5.35. The Hall–Kier alpha value is -5.04. The average molecular weight is 907 g/mol. The zero-order valence-electron chi connectivity index (χ0n) is 39.0. The molecule has 2 heterocycles. The number of hydrogen-bond donors (Lipinski definition) is 0. The molecule has 9 heteroatoms. The molecule has 0 saturated carbocycles. The van der Waals surface area contributed by atoms with Gasteiger partial charge in [0, 0.05) is 5.92 Å². The lowest BCUT2D eigenvalue weighted by molar-refractivity contribution is -0.359. The van der Waals surface area contributed by atoms with Gasteiger partial charge in [0.2, 0.25) is 0 Å². The predicted molar refractivity (Wildman–Crippen MR) is 258 cm³/mol. The quantitative estimate of drug-likeness (QED) is 0.0624. The van der Waals surface area contributed by atoms with Crippen LogP contribution in [0.1, 0.15) is 54.2 Å². The Kier molecular flexibility index (Phi) is 18.3. The minimum atomic E-state index is -0.970. The average Bonchev–Trinajstić information content (AvgIpc) is 3.37. The van der Waals surface area contributed by atoms with Crippen LogP contribution in [-0.4, -0.2) is 68.3 Å². The van der Waals surface area contributed by atoms with Crippen LogP contribution in [0.2, 0.25) is 0 Å². The first kappa shape index (κ1) is 48.4. The van der Waals surface area contributed by atoms with Gasteiger partial charge in [0.15, 0.2) is 6.29 Å². The lowest BCUT2D eigenvalue weighted by atomic mass is 9.83. The Morgan fingerprint density at radius 1 is 0.373 bits per heavy atom. The molecule has 0 aromatic heterocycles. The Labute approximate surface area is 397 Å². The minimum Gasteiger partial charge on any atom is -0.374 e. The summed E-state index contributed by atoms with van der Waals surface area (Å²) in [4.78, 5) is 0. The van der Waals surface area contributed by atoms with Crippen LogP contribution in [0.15, 0.2) is 182 Å². The fourth-order valence-corrected chi connectivity index (χ4v) is 9.06. The lowest BCUT2D eigenvalue weighted by Crippen LogP contribution is -2.65. The van der Waals surface area contributed by atoms with E-state index in [9.17, 15) is 0 Å². The second-order valence-electron chi connectivity index (χ2n) is 17.9. The first-order valence-electron chi connectivity index (χ1n) is 23.8. The summed E-state index contributed by atoms with van der Waals surface area (Å²) in [6.45, 7) is 9.18. The molecule has 2 aliphatic heterocycles. The predicted octanol–water partition coefficient (Wildman–Crippen LogP) is 10.9. The van der Waals surface area contributed by atoms with Gasteiger partial charge in [-0.25, -0.2) is 0 Å². The summed E-state index contributed by atoms with van der Waals surface area (Å²) in [7, 11) is 0. The van der Waals surface area contributed by atoms with Gasteiger partial charge in [-0.3, -0.25) is 0 Å². The maximum atomic E-state index is 7.47. The summed E-state index contributed by atoms with van der Waals surface area (Å²) in [5.41, 5.74) is 6.25. The van der Waals surface area contributed by atoms with Crippen LogP contribution in [0.25, 0.3) is 0 Å². The number of benzene rings is 6. The molecule has 0 spiro atoms. The second-order valence-corrected chi connectivity index (χ2v) is 17.9. The smallest absolute Gasteiger partial charge is 0.187 e. The number of rotatable bonds is 23. The molecule has 2 saturated heterocycles. The zero-order valence-corrected chi connectivity index (χ0v) is 39.0. The van der Waals surface area contributed by atoms with Crippen molar-refractivity contribution in [1.29, 1.82) is 0 Å². The van der Waals surface area contributed by atoms with E-state index in [1.54, 1.807) is 0 Å². The largest absolute Gasteiger partial charge is 0.374 e. The van der Waals surface area contributed by atoms with Gasteiger partial charge in [0.1, 0.15) is 36.6 Å². The molecule has 0 aliphatic carbocycles. The minimum absolute atomic E-state index is 0.0524. The van der Waals surface area contributed by atoms with Gasteiger partial charge >= 0.3 is 0 Å². The summed E-state index contributed by atoms with van der Waals surface area (Å²) in [6, 6.07) is 61.1. The summed E-state index contributed by atoms with van der Waals surface area (Å²) < 4.78 is 62.9. The molecule has 0 amide bonds. The molecule has 67 heavy (non-hydrogen) atoms. The normalized spacial score (nSPS) is 25.3. The zero-order chi connectivity index (χ0) is 46.0. The third kappa shape index (κ3) is 14.0. The first-order valence-corrected chi connectivity index (χ1v) is 23.8. The van der Waals surface area contributed by atoms with Crippen molar-refractivity contribution in [3.05, 3.63) is 215 Å². The molecular formula is C58H66O9. The maximum Gasteiger partial charge on any atom is 0.187 e. The maximum absolute atomic E-state index is 7.47. The third-order valence-electron chi connectivity index (χ3n) is 12.5. The molecule has 4 unspecified atom stereocenters. The molecule has 6 aromatic carbocycles. The molecule has 352 valence electrons. The van der Waals surface area contributed by atoms with Crippen molar-refractivity contribution in [2.75, 3.05) is 13.2 Å². The van der Waals surface area contributed by atoms with E-state index in [1.165, 1.54) is 0 Å². The topological polar surface area (TPSA) is 83.1 Å². The molecular weight excluding hydrogens is 841 g/mol. The van der Waals surface area contributed by atoms with Crippen LogP contribution >= 0.6 is 0 Å². The highest BCUT2D eigenvalue weighted by Crippen LogP contribution is 2.38. The highest BCUT2D eigenvalue weighted by atomic mass is 16.7. The van der Waals surface area contributed by atoms with Crippen molar-refractivity contribution in [2.45, 2.75) is 116 Å². The second kappa shape index (κ2) is 25.4. The molecule has 2 aliphatic rings. The molecule has 9 nitrogen and oxygen atoms in total. The van der Waals surface area contributed by atoms with E-state index in [2.05, 4.69) is 93.6 Å². The Morgan fingerprint density at radius 3 is 1.09 bits per heavy atom. The molecule has 0 bridgehead atoms. The number of hydrogen-bond acceptors (Lipinski definition) is 9. The molecule has 0 N–H and O–H groups in total. The van der Waals surface area contributed by atoms with Gasteiger partial charge in [-0.2, -0.15) is 0 Å². The first-order chi connectivity index (χ1) is 33.0. The van der Waals surface area contributed by atoms with Gasteiger partial charge in [-0.05, 0) is 39.3 Å². The Bertz CT molecular complexity index is 2250. The standard InChI is InChI=1S/C58H66O9/c1-42(2)52-43(3)53(61-36-46-26-14-6-15-27-46)55(51(65-52)41-60-35-45-24-12-5-13-25-45)67-58-57(64-39-49-32-20-9-21-33-49)56(63-38-48-30-18-8-19-31-48)54(62-37-47-28-16-7-17-29-47)50(66-58)40-59-34-44-22-10-4-11-23-44/h4-33,42-43,50-58H,34-41H2,1-3H3/t43?,50?,51?,52-,53+,54-,55+,56-,57?,58-/m0/s1. The molecule has 2 fully saturated rings. The van der Waals surface area contributed by atoms with Gasteiger partial charge in [0.25, 0.3) is 0 Å². The van der Waals surface area contributed by atoms with E-state index < -0.39 is 49.0 Å². The monoisotopic (exact) mass is 906 g/mol. The van der Waals surface area contributed by atoms with Crippen LogP contribution in [0.3, 0.4) is 0 Å². The highest BCUT2D eigenvalue weighted by molar-refractivity contribution is 5.18. The van der Waals surface area contributed by atoms with Crippen molar-refractivity contribution < 1.29 is 42.6 Å². The van der Waals surface area contributed by atoms with E-state index >= 15 is 0 Å². The summed E-state index contributed by atoms with van der Waals surface area (Å²) in [5, 5.41) is 0. The molecule has 10 atom stereocenters. The van der Waals surface area contributed by atoms with Crippen LogP contribution in [-0.2, 0) is 82.3 Å². The van der Waals surface area contributed by atoms with Crippen molar-refractivity contribution in [1.82, 2.24) is 0 Å². The molecule has 6 aromatic rings. The highest BCUT2D eigenvalue weighted by Gasteiger charge is 2.53. The van der Waals surface area contributed by atoms with E-state index in [0.29, 0.717) is 33.0 Å². The van der Waals surface area contributed by atoms with E-state index in [1.807, 2.05) is 109 Å². The van der Waals surface area contributed by atoms with Crippen LogP contribution < -0.4 is 0 Å². The van der Waals surface area contributed by atoms with E-state index in [-0.39, 0.29) is 37.8 Å². The van der Waals surface area contributed by atoms with Crippen molar-refractivity contribution in [3.63, 3.8) is 0 Å². The van der Waals surface area contributed by atoms with Crippen LogP contribution in [0, 0.1) is 11.8 Å². The van der Waals surface area contributed by atoms with Crippen molar-refractivity contribution in [3.8, 4) is 0 Å². The third-order valence-corrected chi connectivity index (χ3v) is 12.5. The SMILES string of the molecule is CC(C)[C@@H]1OC(COCc2ccccc2)[C@@H](O[C@@H]2OC(COCc3ccccc3)[C@H](OCc3ccccc3)[C@H](OCc3ccccc3)C2OCc2ccccc2)[C@H](OCc2ccccc2)C1C. The fraction of sp³-hybridized carbons (Fsp3) is 0.379. The molecule has 8 rings (SSSR count). The van der Waals surface area contributed by atoms with Gasteiger partial charge < -0.3 is 42.6 Å². The van der Waals surface area contributed by atoms with Crippen molar-refractivity contribution in [2.24, 2.45) is 11.8 Å². The van der Waals surface area contributed by atoms with E-state index in [4.69, 9.17) is 42.6 Å². The number of ether oxygens (including phenoxy) is 9. The van der Waals surface area contributed by atoms with Crippen LogP contribution in [0.4, 0.5) is 0 Å². The Balaban J connectivity index is 1.17. The van der Waals surface area contributed by atoms with E-state index in [0.717, 1.165) is 33.4 Å². The lowest BCUT2D eigenvalue weighted by Gasteiger charge is -2.50. The van der Waals surface area contributed by atoms with Gasteiger partial charge in [-0.15, -0.1) is 0 Å². The summed E-state index contributed by atoms with van der Waals surface area (Å²) >= 11 is 0. The van der Waals surface area contributed by atoms with Gasteiger partial charge in [-0.1, -0.05) is 203 Å². The Morgan fingerprint density at radius 2 is 0.701 bits per heavy atom. The van der Waals surface area contributed by atoms with Crippen molar-refractivity contribution >= 4 is 0 Å². The fourth-order valence-electron chi connectivity index (χ4n) is 9.06. The van der Waals surface area contributed by atoms with Gasteiger partial charge in [0.05, 0.1) is 65.1 Å².